The summed E-state index contributed by atoms with van der Waals surface area (Å²) < 4.78 is 7.20. The molecule has 0 radical (unpaired) electrons. The topological polar surface area (TPSA) is 73.0 Å². The zero-order valence-corrected chi connectivity index (χ0v) is 16.5. The summed E-state index contributed by atoms with van der Waals surface area (Å²) in [5.41, 5.74) is 2.49. The van der Waals surface area contributed by atoms with E-state index in [2.05, 4.69) is 15.5 Å². The molecule has 146 valence electrons. The largest absolute Gasteiger partial charge is 0.348 e. The van der Waals surface area contributed by atoms with E-state index in [1.165, 1.54) is 0 Å². The Hall–Kier alpha value is -3.38. The van der Waals surface area contributed by atoms with E-state index in [0.29, 0.717) is 22.4 Å². The minimum atomic E-state index is -0.103. The summed E-state index contributed by atoms with van der Waals surface area (Å²) in [5.74, 6) is 0.680. The predicted octanol–water partition coefficient (Wildman–Crippen LogP) is 4.74. The van der Waals surface area contributed by atoms with Gasteiger partial charge in [-0.05, 0) is 36.8 Å². The van der Waals surface area contributed by atoms with E-state index in [-0.39, 0.29) is 18.5 Å². The monoisotopic (exact) mass is 406 g/mol. The lowest BCUT2D eigenvalue weighted by Gasteiger charge is -2.15. The van der Waals surface area contributed by atoms with Gasteiger partial charge in [0.05, 0.1) is 6.04 Å². The Labute approximate surface area is 173 Å². The Balaban J connectivity index is 1.48. The maximum atomic E-state index is 12.5. The predicted molar refractivity (Wildman–Crippen MR) is 111 cm³/mol. The third kappa shape index (κ3) is 4.38. The average Bonchev–Trinajstić information content (AvgIpc) is 3.38. The summed E-state index contributed by atoms with van der Waals surface area (Å²) in [6, 6.07) is 20.7. The first kappa shape index (κ1) is 19.0. The van der Waals surface area contributed by atoms with E-state index >= 15 is 0 Å². The SMILES string of the molecule is CC(NC(=O)Cn1cccc1-c1nc(-c2cccc(Cl)c2)no1)c1ccccc1. The maximum absolute atomic E-state index is 12.5. The van der Waals surface area contributed by atoms with Crippen LogP contribution in [-0.2, 0) is 11.3 Å². The van der Waals surface area contributed by atoms with Crippen LogP contribution in [0.5, 0.6) is 0 Å². The number of nitrogens with one attached hydrogen (secondary N) is 1. The summed E-state index contributed by atoms with van der Waals surface area (Å²) in [6.07, 6.45) is 1.81. The molecule has 0 aliphatic rings. The molecule has 0 spiro atoms. The molecule has 0 saturated heterocycles. The van der Waals surface area contributed by atoms with Gasteiger partial charge >= 0.3 is 0 Å². The Morgan fingerprint density at radius 2 is 1.97 bits per heavy atom. The summed E-state index contributed by atoms with van der Waals surface area (Å²) >= 11 is 6.03. The number of carbonyl (C=O) groups excluding carboxylic acids is 1. The van der Waals surface area contributed by atoms with Gasteiger partial charge in [-0.25, -0.2) is 0 Å². The third-order valence-electron chi connectivity index (χ3n) is 4.55. The molecule has 4 rings (SSSR count). The van der Waals surface area contributed by atoms with Crippen molar-refractivity contribution in [1.29, 1.82) is 0 Å². The smallest absolute Gasteiger partial charge is 0.274 e. The zero-order valence-electron chi connectivity index (χ0n) is 15.7. The van der Waals surface area contributed by atoms with E-state index in [1.807, 2.05) is 67.7 Å². The first-order valence-electron chi connectivity index (χ1n) is 9.19. The molecule has 2 heterocycles. The van der Waals surface area contributed by atoms with Crippen LogP contribution in [0.3, 0.4) is 0 Å². The molecule has 1 atom stereocenters. The normalized spacial score (nSPS) is 11.9. The lowest BCUT2D eigenvalue weighted by Crippen LogP contribution is -2.30. The quantitative estimate of drug-likeness (QED) is 0.502. The van der Waals surface area contributed by atoms with Gasteiger partial charge in [0.2, 0.25) is 11.7 Å². The van der Waals surface area contributed by atoms with E-state index in [4.69, 9.17) is 16.1 Å². The number of amides is 1. The van der Waals surface area contributed by atoms with Gasteiger partial charge in [-0.15, -0.1) is 0 Å². The van der Waals surface area contributed by atoms with Crippen LogP contribution in [0.15, 0.2) is 77.4 Å². The lowest BCUT2D eigenvalue weighted by atomic mass is 10.1. The molecule has 1 amide bonds. The second kappa shape index (κ2) is 8.32. The van der Waals surface area contributed by atoms with E-state index in [1.54, 1.807) is 16.7 Å². The van der Waals surface area contributed by atoms with Gasteiger partial charge in [0.25, 0.3) is 5.89 Å². The molecule has 0 aliphatic heterocycles. The van der Waals surface area contributed by atoms with Crippen LogP contribution in [0.25, 0.3) is 23.0 Å². The summed E-state index contributed by atoms with van der Waals surface area (Å²) in [4.78, 5) is 17.0. The second-order valence-corrected chi connectivity index (χ2v) is 7.09. The van der Waals surface area contributed by atoms with Crippen molar-refractivity contribution in [3.63, 3.8) is 0 Å². The summed E-state index contributed by atoms with van der Waals surface area (Å²) in [7, 11) is 0. The maximum Gasteiger partial charge on any atom is 0.274 e. The Morgan fingerprint density at radius 3 is 2.76 bits per heavy atom. The fourth-order valence-electron chi connectivity index (χ4n) is 3.09. The molecule has 2 aromatic carbocycles. The van der Waals surface area contributed by atoms with Crippen LogP contribution in [0.2, 0.25) is 5.02 Å². The van der Waals surface area contributed by atoms with Gasteiger partial charge in [-0.2, -0.15) is 4.98 Å². The Bertz CT molecular complexity index is 1120. The van der Waals surface area contributed by atoms with Crippen molar-refractivity contribution in [3.8, 4) is 23.0 Å². The molecule has 0 bridgehead atoms. The highest BCUT2D eigenvalue weighted by molar-refractivity contribution is 6.30. The number of rotatable bonds is 6. The van der Waals surface area contributed by atoms with Crippen LogP contribution in [0.4, 0.5) is 0 Å². The van der Waals surface area contributed by atoms with Crippen LogP contribution >= 0.6 is 11.6 Å². The number of nitrogens with zero attached hydrogens (tertiary/aromatic N) is 3. The van der Waals surface area contributed by atoms with Crippen molar-refractivity contribution >= 4 is 17.5 Å². The number of hydrogen-bond acceptors (Lipinski definition) is 4. The molecular formula is C22H19ClN4O2. The minimum Gasteiger partial charge on any atom is -0.348 e. The highest BCUT2D eigenvalue weighted by Crippen LogP contribution is 2.24. The molecule has 29 heavy (non-hydrogen) atoms. The van der Waals surface area contributed by atoms with E-state index in [9.17, 15) is 4.79 Å². The van der Waals surface area contributed by atoms with Gasteiger partial charge in [0.1, 0.15) is 12.2 Å². The molecule has 0 fully saturated rings. The lowest BCUT2D eigenvalue weighted by molar-refractivity contribution is -0.122. The van der Waals surface area contributed by atoms with Gasteiger partial charge in [-0.1, -0.05) is 59.2 Å². The third-order valence-corrected chi connectivity index (χ3v) is 4.78. The number of benzene rings is 2. The van der Waals surface area contributed by atoms with Crippen LogP contribution in [-0.4, -0.2) is 20.6 Å². The summed E-state index contributed by atoms with van der Waals surface area (Å²) in [5, 5.41) is 7.64. The van der Waals surface area contributed by atoms with Crippen molar-refractivity contribution in [2.24, 2.45) is 0 Å². The fraction of sp³-hybridized carbons (Fsp3) is 0.136. The molecular weight excluding hydrogens is 388 g/mol. The van der Waals surface area contributed by atoms with Gasteiger partial charge in [0.15, 0.2) is 0 Å². The van der Waals surface area contributed by atoms with Gasteiger partial charge in [0, 0.05) is 16.8 Å². The first-order valence-corrected chi connectivity index (χ1v) is 9.57. The molecule has 0 aliphatic carbocycles. The molecule has 1 N–H and O–H groups in total. The zero-order chi connectivity index (χ0) is 20.2. The van der Waals surface area contributed by atoms with Crippen molar-refractivity contribution in [2.75, 3.05) is 0 Å². The second-order valence-electron chi connectivity index (χ2n) is 6.65. The Kier molecular flexibility index (Phi) is 5.44. The minimum absolute atomic E-state index is 0.0828. The first-order chi connectivity index (χ1) is 14.1. The number of halogens is 1. The van der Waals surface area contributed by atoms with Crippen molar-refractivity contribution in [3.05, 3.63) is 83.5 Å². The fourth-order valence-corrected chi connectivity index (χ4v) is 3.28. The van der Waals surface area contributed by atoms with Crippen LogP contribution < -0.4 is 5.32 Å². The van der Waals surface area contributed by atoms with Gasteiger partial charge < -0.3 is 14.4 Å². The Morgan fingerprint density at radius 1 is 1.14 bits per heavy atom. The molecule has 7 heteroatoms. The number of carbonyl (C=O) groups is 1. The highest BCUT2D eigenvalue weighted by Gasteiger charge is 2.16. The molecule has 4 aromatic rings. The number of aromatic nitrogens is 3. The van der Waals surface area contributed by atoms with Crippen molar-refractivity contribution in [1.82, 2.24) is 20.0 Å². The van der Waals surface area contributed by atoms with Crippen molar-refractivity contribution in [2.45, 2.75) is 19.5 Å². The van der Waals surface area contributed by atoms with Crippen molar-refractivity contribution < 1.29 is 9.32 Å². The molecule has 6 nitrogen and oxygen atoms in total. The van der Waals surface area contributed by atoms with Crippen LogP contribution in [0.1, 0.15) is 18.5 Å². The van der Waals surface area contributed by atoms with E-state index in [0.717, 1.165) is 11.1 Å². The summed E-state index contributed by atoms with van der Waals surface area (Å²) in [6.45, 7) is 2.10. The molecule has 0 saturated carbocycles. The molecule has 2 aromatic heterocycles. The van der Waals surface area contributed by atoms with E-state index < -0.39 is 0 Å². The highest BCUT2D eigenvalue weighted by atomic mass is 35.5. The standard InChI is InChI=1S/C22H19ClN4O2/c1-15(16-7-3-2-4-8-16)24-20(28)14-27-12-6-11-19(27)22-25-21(26-29-22)17-9-5-10-18(23)13-17/h2-13,15H,14H2,1H3,(H,24,28). The van der Waals surface area contributed by atoms with Crippen LogP contribution in [0, 0.1) is 0 Å². The number of hydrogen-bond donors (Lipinski definition) is 1. The van der Waals surface area contributed by atoms with Gasteiger partial charge in [-0.3, -0.25) is 4.79 Å². The average molecular weight is 407 g/mol. The molecule has 1 unspecified atom stereocenters.